The van der Waals surface area contributed by atoms with Gasteiger partial charge < -0.3 is 24.6 Å². The van der Waals surface area contributed by atoms with Crippen molar-refractivity contribution in [2.45, 2.75) is 58.9 Å². The summed E-state index contributed by atoms with van der Waals surface area (Å²) in [5.41, 5.74) is 2.50. The number of methoxy groups -OCH3 is 1. The molecule has 3 rings (SSSR count). The molecule has 10 heteroatoms. The summed E-state index contributed by atoms with van der Waals surface area (Å²) in [6.45, 7) is 9.79. The van der Waals surface area contributed by atoms with Crippen molar-refractivity contribution >= 4 is 17.7 Å². The Morgan fingerprint density at radius 2 is 1.76 bits per heavy atom. The van der Waals surface area contributed by atoms with Crippen molar-refractivity contribution in [3.63, 3.8) is 0 Å². The summed E-state index contributed by atoms with van der Waals surface area (Å²) in [5, 5.41) is 13.3. The van der Waals surface area contributed by atoms with Gasteiger partial charge in [-0.25, -0.2) is 14.8 Å². The van der Waals surface area contributed by atoms with E-state index in [4.69, 9.17) is 9.72 Å². The number of nitrogens with zero attached hydrogens (tertiary/aromatic N) is 5. The summed E-state index contributed by atoms with van der Waals surface area (Å²) >= 11 is 0. The van der Waals surface area contributed by atoms with Crippen molar-refractivity contribution in [3.8, 4) is 17.0 Å². The standard InChI is InChI=1S/C28H38N6O4/c1-7-19(8-2)21-16-29-28(34(9-3)10-4)32-24(21)31-22(27(36)37)15-18-11-13-20(14-12-18)23-25(38-6)30-17-33(5)26(23)35/h11-14,16-17,19,22H,7-10,15H2,1-6H3,(H,36,37)(H,29,31,32). The summed E-state index contributed by atoms with van der Waals surface area (Å²) < 4.78 is 6.68. The Bertz CT molecular complexity index is 1280. The summed E-state index contributed by atoms with van der Waals surface area (Å²) in [6.07, 6.45) is 5.27. The topological polar surface area (TPSA) is 122 Å². The molecule has 1 aromatic carbocycles. The van der Waals surface area contributed by atoms with Crippen LogP contribution in [0, 0.1) is 0 Å². The van der Waals surface area contributed by atoms with E-state index in [-0.39, 0.29) is 23.8 Å². The highest BCUT2D eigenvalue weighted by Crippen LogP contribution is 2.30. The van der Waals surface area contributed by atoms with Crippen LogP contribution in [0.2, 0.25) is 0 Å². The van der Waals surface area contributed by atoms with Gasteiger partial charge in [-0.3, -0.25) is 4.79 Å². The van der Waals surface area contributed by atoms with Crippen molar-refractivity contribution in [3.05, 3.63) is 58.3 Å². The first-order valence-corrected chi connectivity index (χ1v) is 13.1. The lowest BCUT2D eigenvalue weighted by Crippen LogP contribution is -2.33. The molecule has 0 fully saturated rings. The molecule has 0 aliphatic heterocycles. The van der Waals surface area contributed by atoms with Crippen molar-refractivity contribution in [2.75, 3.05) is 30.4 Å². The molecule has 2 N–H and O–H groups in total. The summed E-state index contributed by atoms with van der Waals surface area (Å²) in [5.74, 6) is 0.618. The molecule has 10 nitrogen and oxygen atoms in total. The second-order valence-corrected chi connectivity index (χ2v) is 9.14. The number of aliphatic carboxylic acids is 1. The molecule has 2 heterocycles. The molecule has 1 atom stereocenters. The van der Waals surface area contributed by atoms with E-state index in [2.05, 4.69) is 29.1 Å². The van der Waals surface area contributed by atoms with Crippen LogP contribution < -0.4 is 20.5 Å². The number of ether oxygens (including phenoxy) is 1. The number of rotatable bonds is 13. The minimum absolute atomic E-state index is 0.217. The molecule has 38 heavy (non-hydrogen) atoms. The lowest BCUT2D eigenvalue weighted by molar-refractivity contribution is -0.137. The van der Waals surface area contributed by atoms with Gasteiger partial charge >= 0.3 is 5.97 Å². The number of aryl methyl sites for hydroxylation is 1. The minimum atomic E-state index is -0.977. The number of anilines is 2. The van der Waals surface area contributed by atoms with Crippen LogP contribution in [-0.2, 0) is 18.3 Å². The van der Waals surface area contributed by atoms with Crippen LogP contribution in [0.3, 0.4) is 0 Å². The Morgan fingerprint density at radius 3 is 2.32 bits per heavy atom. The first-order valence-electron chi connectivity index (χ1n) is 13.1. The molecular weight excluding hydrogens is 484 g/mol. The fraction of sp³-hybridized carbons (Fsp3) is 0.464. The zero-order valence-corrected chi connectivity index (χ0v) is 23.1. The van der Waals surface area contributed by atoms with Crippen molar-refractivity contribution in [2.24, 2.45) is 7.05 Å². The maximum Gasteiger partial charge on any atom is 0.326 e. The molecule has 0 bridgehead atoms. The lowest BCUT2D eigenvalue weighted by atomic mass is 9.95. The summed E-state index contributed by atoms with van der Waals surface area (Å²) in [7, 11) is 3.10. The van der Waals surface area contributed by atoms with Crippen LogP contribution in [0.15, 0.2) is 41.6 Å². The monoisotopic (exact) mass is 522 g/mol. The van der Waals surface area contributed by atoms with E-state index in [1.54, 1.807) is 19.2 Å². The third-order valence-corrected chi connectivity index (χ3v) is 6.86. The van der Waals surface area contributed by atoms with Gasteiger partial charge in [0.2, 0.25) is 11.8 Å². The number of carboxylic acids is 1. The Labute approximate surface area is 223 Å². The molecule has 2 aromatic heterocycles. The molecule has 0 saturated heterocycles. The van der Waals surface area contributed by atoms with E-state index in [9.17, 15) is 14.7 Å². The molecule has 0 amide bonds. The van der Waals surface area contributed by atoms with Crippen molar-refractivity contribution in [1.82, 2.24) is 19.5 Å². The van der Waals surface area contributed by atoms with E-state index < -0.39 is 12.0 Å². The smallest absolute Gasteiger partial charge is 0.326 e. The van der Waals surface area contributed by atoms with Gasteiger partial charge in [0, 0.05) is 38.3 Å². The first-order chi connectivity index (χ1) is 18.3. The third-order valence-electron chi connectivity index (χ3n) is 6.86. The van der Waals surface area contributed by atoms with Crippen molar-refractivity contribution in [1.29, 1.82) is 0 Å². The van der Waals surface area contributed by atoms with Crippen molar-refractivity contribution < 1.29 is 14.6 Å². The molecule has 0 aliphatic rings. The molecule has 0 aliphatic carbocycles. The zero-order valence-electron chi connectivity index (χ0n) is 23.1. The normalized spacial score (nSPS) is 11.9. The Balaban J connectivity index is 1.93. The second-order valence-electron chi connectivity index (χ2n) is 9.14. The van der Waals surface area contributed by atoms with Gasteiger partial charge in [-0.05, 0) is 43.7 Å². The van der Waals surface area contributed by atoms with Crippen LogP contribution in [0.25, 0.3) is 11.1 Å². The minimum Gasteiger partial charge on any atom is -0.480 e. The van der Waals surface area contributed by atoms with Gasteiger partial charge in [-0.15, -0.1) is 0 Å². The van der Waals surface area contributed by atoms with E-state index in [1.807, 2.05) is 37.1 Å². The molecule has 1 unspecified atom stereocenters. The highest BCUT2D eigenvalue weighted by atomic mass is 16.5. The van der Waals surface area contributed by atoms with Gasteiger partial charge in [0.1, 0.15) is 23.8 Å². The van der Waals surface area contributed by atoms with Gasteiger partial charge in [-0.2, -0.15) is 4.98 Å². The predicted molar refractivity (Wildman–Crippen MR) is 149 cm³/mol. The molecule has 0 saturated carbocycles. The first kappa shape index (κ1) is 28.6. The number of carbonyl (C=O) groups is 1. The molecular formula is C28H38N6O4. The quantitative estimate of drug-likeness (QED) is 0.341. The number of carboxylic acid groups (broad SMARTS) is 1. The number of hydrogen-bond donors (Lipinski definition) is 2. The number of hydrogen-bond acceptors (Lipinski definition) is 8. The van der Waals surface area contributed by atoms with Crippen LogP contribution in [0.1, 0.15) is 57.6 Å². The molecule has 204 valence electrons. The van der Waals surface area contributed by atoms with Crippen LogP contribution in [-0.4, -0.2) is 56.8 Å². The Hall–Kier alpha value is -3.95. The van der Waals surface area contributed by atoms with Gasteiger partial charge in [0.25, 0.3) is 5.56 Å². The lowest BCUT2D eigenvalue weighted by Gasteiger charge is -2.24. The van der Waals surface area contributed by atoms with E-state index >= 15 is 0 Å². The third kappa shape index (κ3) is 6.30. The second kappa shape index (κ2) is 13.0. The van der Waals surface area contributed by atoms with Crippen LogP contribution in [0.4, 0.5) is 11.8 Å². The molecule has 0 spiro atoms. The highest BCUT2D eigenvalue weighted by Gasteiger charge is 2.24. The zero-order chi connectivity index (χ0) is 27.8. The van der Waals surface area contributed by atoms with Gasteiger partial charge in [-0.1, -0.05) is 38.1 Å². The largest absolute Gasteiger partial charge is 0.480 e. The highest BCUT2D eigenvalue weighted by molar-refractivity contribution is 5.78. The average molecular weight is 523 g/mol. The summed E-state index contributed by atoms with van der Waals surface area (Å²) in [6, 6.07) is 6.31. The van der Waals surface area contributed by atoms with Crippen LogP contribution in [0.5, 0.6) is 5.88 Å². The predicted octanol–water partition coefficient (Wildman–Crippen LogP) is 4.10. The maximum atomic E-state index is 12.7. The average Bonchev–Trinajstić information content (AvgIpc) is 2.92. The van der Waals surface area contributed by atoms with E-state index in [1.165, 1.54) is 18.0 Å². The Kier molecular flexibility index (Phi) is 9.81. The number of benzene rings is 1. The molecule has 3 aromatic rings. The molecule has 0 radical (unpaired) electrons. The fourth-order valence-electron chi connectivity index (χ4n) is 4.52. The Morgan fingerprint density at radius 1 is 1.11 bits per heavy atom. The number of nitrogens with one attached hydrogen (secondary N) is 1. The summed E-state index contributed by atoms with van der Waals surface area (Å²) in [4.78, 5) is 40.6. The van der Waals surface area contributed by atoms with Gasteiger partial charge in [0.05, 0.1) is 7.11 Å². The SMILES string of the molecule is CCC(CC)c1cnc(N(CC)CC)nc1NC(Cc1ccc(-c2c(OC)ncn(C)c2=O)cc1)C(=O)O. The van der Waals surface area contributed by atoms with Crippen LogP contribution >= 0.6 is 0 Å². The fourth-order valence-corrected chi connectivity index (χ4v) is 4.52. The van der Waals surface area contributed by atoms with Gasteiger partial charge in [0.15, 0.2) is 0 Å². The van der Waals surface area contributed by atoms with E-state index in [0.717, 1.165) is 37.1 Å². The number of aromatic nitrogens is 4. The maximum absolute atomic E-state index is 12.7. The van der Waals surface area contributed by atoms with E-state index in [0.29, 0.717) is 22.9 Å².